The third-order valence-electron chi connectivity index (χ3n) is 7.15. The lowest BCUT2D eigenvalue weighted by Gasteiger charge is -2.39. The molecule has 2 heterocycles. The lowest BCUT2D eigenvalue weighted by atomic mass is 9.73. The standard InChI is InChI=1S/C23H22Cl2FN3O4/c1-11(30)20-21(29(32)33)18(14-3-2-4-16(25)19(14)26)23(28(20)10-12-5-6-12)15-8-7-13(24)9-17(15)27-22(23)31/h2-4,7-9,11-12,18,20-21,30H,5-6,10H2,1H3,(H,27,31)/t11-,18+,20+,21+,23-/m1/s1. The average molecular weight is 494 g/mol. The average Bonchev–Trinajstić information content (AvgIpc) is 3.45. The quantitative estimate of drug-likeness (QED) is 0.480. The van der Waals surface area contributed by atoms with Gasteiger partial charge in [-0.3, -0.25) is 19.8 Å². The van der Waals surface area contributed by atoms with Crippen LogP contribution in [0.15, 0.2) is 36.4 Å². The number of nitrogens with one attached hydrogen (secondary N) is 1. The number of fused-ring (bicyclic) bond motifs is 2. The van der Waals surface area contributed by atoms with Gasteiger partial charge in [0.05, 0.1) is 17.0 Å². The molecule has 1 saturated heterocycles. The van der Waals surface area contributed by atoms with E-state index in [4.69, 9.17) is 23.2 Å². The van der Waals surface area contributed by atoms with Gasteiger partial charge in [-0.25, -0.2) is 4.39 Å². The van der Waals surface area contributed by atoms with Crippen molar-refractivity contribution >= 4 is 34.8 Å². The molecule has 33 heavy (non-hydrogen) atoms. The number of carbonyl (C=O) groups is 1. The van der Waals surface area contributed by atoms with Crippen LogP contribution in [0.4, 0.5) is 10.1 Å². The summed E-state index contributed by atoms with van der Waals surface area (Å²) in [7, 11) is 0. The molecule has 0 radical (unpaired) electrons. The summed E-state index contributed by atoms with van der Waals surface area (Å²) >= 11 is 12.2. The summed E-state index contributed by atoms with van der Waals surface area (Å²) in [5.41, 5.74) is -0.718. The molecule has 0 aromatic heterocycles. The zero-order chi connectivity index (χ0) is 23.7. The molecule has 0 unspecified atom stereocenters. The van der Waals surface area contributed by atoms with Crippen LogP contribution in [-0.4, -0.2) is 45.6 Å². The zero-order valence-corrected chi connectivity index (χ0v) is 19.2. The number of carbonyl (C=O) groups excluding carboxylic acids is 1. The molecule has 1 amide bonds. The zero-order valence-electron chi connectivity index (χ0n) is 17.7. The Morgan fingerprint density at radius 3 is 2.70 bits per heavy atom. The highest BCUT2D eigenvalue weighted by Gasteiger charge is 2.72. The molecule has 174 valence electrons. The second kappa shape index (κ2) is 7.91. The molecule has 2 N–H and O–H groups in total. The Labute approximate surface area is 199 Å². The van der Waals surface area contributed by atoms with E-state index in [1.807, 2.05) is 0 Å². The van der Waals surface area contributed by atoms with E-state index < -0.39 is 46.3 Å². The summed E-state index contributed by atoms with van der Waals surface area (Å²) < 4.78 is 15.4. The van der Waals surface area contributed by atoms with Crippen LogP contribution in [0.5, 0.6) is 0 Å². The first-order chi connectivity index (χ1) is 15.7. The fraction of sp³-hybridized carbons (Fsp3) is 0.435. The summed E-state index contributed by atoms with van der Waals surface area (Å²) in [5, 5.41) is 26.3. The maximum absolute atomic E-state index is 15.4. The van der Waals surface area contributed by atoms with Crippen molar-refractivity contribution in [2.45, 2.75) is 49.4 Å². The number of hydrogen-bond donors (Lipinski definition) is 2. The third-order valence-corrected chi connectivity index (χ3v) is 7.67. The van der Waals surface area contributed by atoms with Crippen molar-refractivity contribution in [3.8, 4) is 0 Å². The summed E-state index contributed by atoms with van der Waals surface area (Å²) in [6, 6.07) is 6.70. The van der Waals surface area contributed by atoms with E-state index in [0.29, 0.717) is 22.8 Å². The molecule has 10 heteroatoms. The van der Waals surface area contributed by atoms with Gasteiger partial charge in [0.25, 0.3) is 5.91 Å². The van der Waals surface area contributed by atoms with Crippen LogP contribution in [0, 0.1) is 21.8 Å². The molecule has 2 fully saturated rings. The third kappa shape index (κ3) is 3.26. The molecule has 0 bridgehead atoms. The van der Waals surface area contributed by atoms with Gasteiger partial charge in [0.1, 0.15) is 17.4 Å². The van der Waals surface area contributed by atoms with Crippen LogP contribution in [0.3, 0.4) is 0 Å². The number of aliphatic hydroxyl groups excluding tert-OH is 1. The van der Waals surface area contributed by atoms with Crippen molar-refractivity contribution in [3.05, 3.63) is 73.5 Å². The molecule has 7 nitrogen and oxygen atoms in total. The molecule has 2 aromatic rings. The number of aliphatic hydroxyl groups is 1. The Bertz CT molecular complexity index is 1160. The lowest BCUT2D eigenvalue weighted by molar-refractivity contribution is -0.530. The van der Waals surface area contributed by atoms with Crippen LogP contribution >= 0.6 is 23.2 Å². The Hall–Kier alpha value is -2.26. The first-order valence-electron chi connectivity index (χ1n) is 10.8. The minimum atomic E-state index is -1.60. The molecule has 5 rings (SSSR count). The number of nitrogens with zero attached hydrogens (tertiary/aromatic N) is 2. The highest BCUT2D eigenvalue weighted by atomic mass is 35.5. The minimum Gasteiger partial charge on any atom is -0.392 e. The number of amides is 1. The molecule has 1 aliphatic carbocycles. The van der Waals surface area contributed by atoms with Gasteiger partial charge in [-0.2, -0.15) is 0 Å². The number of hydrogen-bond acceptors (Lipinski definition) is 5. The van der Waals surface area contributed by atoms with Gasteiger partial charge in [-0.05, 0) is 43.9 Å². The Morgan fingerprint density at radius 1 is 1.33 bits per heavy atom. The van der Waals surface area contributed by atoms with E-state index in [-0.39, 0.29) is 16.5 Å². The SMILES string of the molecule is C[C@@H](O)[C@H]1[C@@H]([N+](=O)[O-])[C@H](c2cccc(Cl)c2F)[C@]2(C(=O)Nc3cc(Cl)ccc32)N1CC1CC1. The Balaban J connectivity index is 1.85. The molecule has 1 spiro atoms. The molecule has 2 aromatic carbocycles. The largest absolute Gasteiger partial charge is 0.392 e. The normalized spacial score (nSPS) is 29.8. The Kier molecular flexibility index (Phi) is 5.40. The van der Waals surface area contributed by atoms with Crippen molar-refractivity contribution in [2.24, 2.45) is 5.92 Å². The second-order valence-electron chi connectivity index (χ2n) is 9.13. The van der Waals surface area contributed by atoms with E-state index in [0.717, 1.165) is 12.8 Å². The smallest absolute Gasteiger partial charge is 0.250 e. The number of anilines is 1. The summed E-state index contributed by atoms with van der Waals surface area (Å²) in [6.07, 6.45) is 0.702. The van der Waals surface area contributed by atoms with Crippen molar-refractivity contribution in [2.75, 3.05) is 11.9 Å². The van der Waals surface area contributed by atoms with Crippen molar-refractivity contribution < 1.29 is 19.2 Å². The van der Waals surface area contributed by atoms with Gasteiger partial charge < -0.3 is 10.4 Å². The topological polar surface area (TPSA) is 95.7 Å². The van der Waals surface area contributed by atoms with Crippen molar-refractivity contribution in [1.29, 1.82) is 0 Å². The maximum Gasteiger partial charge on any atom is 0.250 e. The predicted octanol–water partition coefficient (Wildman–Crippen LogP) is 4.18. The molecule has 2 aliphatic heterocycles. The molecular formula is C23H22Cl2FN3O4. The monoisotopic (exact) mass is 493 g/mol. The number of rotatable bonds is 5. The number of nitro groups is 1. The number of likely N-dealkylation sites (tertiary alicyclic amines) is 1. The molecule has 5 atom stereocenters. The van der Waals surface area contributed by atoms with E-state index >= 15 is 4.39 Å². The summed E-state index contributed by atoms with van der Waals surface area (Å²) in [6.45, 7) is 1.84. The maximum atomic E-state index is 15.4. The van der Waals surface area contributed by atoms with Crippen molar-refractivity contribution in [3.63, 3.8) is 0 Å². The van der Waals surface area contributed by atoms with Gasteiger partial charge in [0.2, 0.25) is 6.04 Å². The molecular weight excluding hydrogens is 472 g/mol. The van der Waals surface area contributed by atoms with E-state index in [1.165, 1.54) is 25.1 Å². The van der Waals surface area contributed by atoms with Crippen LogP contribution < -0.4 is 5.32 Å². The predicted molar refractivity (Wildman–Crippen MR) is 122 cm³/mol. The van der Waals surface area contributed by atoms with E-state index in [2.05, 4.69) is 5.32 Å². The lowest BCUT2D eigenvalue weighted by Crippen LogP contribution is -2.54. The van der Waals surface area contributed by atoms with Crippen LogP contribution in [0.1, 0.15) is 36.8 Å². The molecule has 1 saturated carbocycles. The van der Waals surface area contributed by atoms with Crippen molar-refractivity contribution in [1.82, 2.24) is 4.90 Å². The first kappa shape index (κ1) is 22.5. The van der Waals surface area contributed by atoms with Crippen LogP contribution in [-0.2, 0) is 10.3 Å². The highest BCUT2D eigenvalue weighted by Crippen LogP contribution is 2.59. The number of halogens is 3. The minimum absolute atomic E-state index is 0.0221. The van der Waals surface area contributed by atoms with E-state index in [1.54, 1.807) is 23.1 Å². The summed E-state index contributed by atoms with van der Waals surface area (Å²) in [5.74, 6) is -2.29. The fourth-order valence-electron chi connectivity index (χ4n) is 5.73. The van der Waals surface area contributed by atoms with Gasteiger partial charge in [0, 0.05) is 33.3 Å². The van der Waals surface area contributed by atoms with Gasteiger partial charge in [-0.1, -0.05) is 41.4 Å². The van der Waals surface area contributed by atoms with E-state index in [9.17, 15) is 20.0 Å². The Morgan fingerprint density at radius 2 is 2.06 bits per heavy atom. The molecule has 3 aliphatic rings. The van der Waals surface area contributed by atoms with Crippen LogP contribution in [0.25, 0.3) is 0 Å². The van der Waals surface area contributed by atoms with Crippen LogP contribution in [0.2, 0.25) is 10.0 Å². The van der Waals surface area contributed by atoms with Gasteiger partial charge in [-0.15, -0.1) is 0 Å². The first-order valence-corrected chi connectivity index (χ1v) is 11.6. The fourth-order valence-corrected chi connectivity index (χ4v) is 6.09. The number of benzene rings is 2. The second-order valence-corrected chi connectivity index (χ2v) is 9.98. The highest BCUT2D eigenvalue weighted by molar-refractivity contribution is 6.31. The summed E-state index contributed by atoms with van der Waals surface area (Å²) in [4.78, 5) is 27.6. The van der Waals surface area contributed by atoms with Gasteiger partial charge in [0.15, 0.2) is 0 Å². The van der Waals surface area contributed by atoms with Gasteiger partial charge >= 0.3 is 0 Å².